The number of hydrogen-bond acceptors (Lipinski definition) is 0. The van der Waals surface area contributed by atoms with E-state index in [2.05, 4.69) is 20.6 Å². The fourth-order valence-corrected chi connectivity index (χ4v) is 0. The monoisotopic (exact) mass is 176 g/mol. The topological polar surface area (TPSA) is 0 Å². The maximum atomic E-state index is 3.11. The van der Waals surface area contributed by atoms with E-state index in [0.29, 0.717) is 0 Å². The van der Waals surface area contributed by atoms with Gasteiger partial charge in [0.15, 0.2) is 0 Å². The summed E-state index contributed by atoms with van der Waals surface area (Å²) in [6.45, 7) is 0. The molecule has 0 atom stereocenters. The van der Waals surface area contributed by atoms with Gasteiger partial charge in [-0.2, -0.15) is 0 Å². The summed E-state index contributed by atoms with van der Waals surface area (Å²) >= 11 is 4.00. The van der Waals surface area contributed by atoms with Crippen molar-refractivity contribution in [2.45, 2.75) is 0 Å². The minimum atomic E-state index is 0.885. The SMILES string of the molecule is [GaH2][CH]=CBr. The van der Waals surface area contributed by atoms with Crippen molar-refractivity contribution in [3.63, 3.8) is 0 Å². The molecule has 0 nitrogen and oxygen atoms in total. The van der Waals surface area contributed by atoms with E-state index < -0.39 is 0 Å². The van der Waals surface area contributed by atoms with Gasteiger partial charge < -0.3 is 0 Å². The van der Waals surface area contributed by atoms with Crippen molar-refractivity contribution in [3.05, 3.63) is 9.62 Å². The third kappa shape index (κ3) is 2.86. The molecule has 0 bridgehead atoms. The Labute approximate surface area is 44.3 Å². The first-order valence-corrected chi connectivity index (χ1v) is 4.47. The Morgan fingerprint density at radius 1 is 1.75 bits per heavy atom. The normalized spacial score (nSPS) is 9.25. The third-order valence-corrected chi connectivity index (χ3v) is 3.40. The van der Waals surface area contributed by atoms with Crippen molar-refractivity contribution in [3.8, 4) is 0 Å². The molecule has 0 aliphatic carbocycles. The molecule has 0 spiro atoms. The van der Waals surface area contributed by atoms with E-state index in [-0.39, 0.29) is 0 Å². The summed E-state index contributed by atoms with van der Waals surface area (Å²) in [6.07, 6.45) is 0. The Morgan fingerprint density at radius 3 is 2.00 bits per heavy atom. The van der Waals surface area contributed by atoms with Crippen LogP contribution in [0, 0.1) is 0 Å². The van der Waals surface area contributed by atoms with E-state index in [1.165, 1.54) is 0 Å². The van der Waals surface area contributed by atoms with Gasteiger partial charge in [0.2, 0.25) is 0 Å². The number of halogens is 1. The molecule has 0 rings (SSSR count). The second-order valence-electron chi connectivity index (χ2n) is 0.459. The summed E-state index contributed by atoms with van der Waals surface area (Å²) in [5, 5.41) is 0. The minimum absolute atomic E-state index is 0.885. The first-order valence-electron chi connectivity index (χ1n) is 1.13. The predicted molar refractivity (Wildman–Crippen MR) is 26.6 cm³/mol. The molecule has 0 amide bonds. The molecule has 0 unspecified atom stereocenters. The van der Waals surface area contributed by atoms with E-state index in [0.717, 1.165) is 18.6 Å². The molecule has 4 heavy (non-hydrogen) atoms. The standard InChI is InChI=1S/C2H2Br.Ga.2H/c1-2-3;;;/h1-2H;;;. The first kappa shape index (κ1) is 4.86. The molecule has 0 aromatic heterocycles. The van der Waals surface area contributed by atoms with E-state index in [4.69, 9.17) is 0 Å². The van der Waals surface area contributed by atoms with Gasteiger partial charge in [0.05, 0.1) is 0 Å². The Morgan fingerprint density at radius 2 is 2.00 bits per heavy atom. The van der Waals surface area contributed by atoms with Crippen LogP contribution in [0.25, 0.3) is 0 Å². The predicted octanol–water partition coefficient (Wildman–Crippen LogP) is 0.486. The van der Waals surface area contributed by atoms with Crippen molar-refractivity contribution in [1.82, 2.24) is 0 Å². The maximum absolute atomic E-state index is 3.11. The van der Waals surface area contributed by atoms with Gasteiger partial charge in [-0.05, 0) is 0 Å². The summed E-state index contributed by atoms with van der Waals surface area (Å²) in [6, 6.07) is 0. The zero-order valence-electron chi connectivity index (χ0n) is 2.53. The van der Waals surface area contributed by atoms with Crippen LogP contribution >= 0.6 is 15.9 Å². The van der Waals surface area contributed by atoms with E-state index >= 15 is 0 Å². The van der Waals surface area contributed by atoms with Gasteiger partial charge in [0.25, 0.3) is 0 Å². The van der Waals surface area contributed by atoms with Crippen LogP contribution in [-0.4, -0.2) is 18.6 Å². The van der Waals surface area contributed by atoms with Gasteiger partial charge in [-0.25, -0.2) is 0 Å². The molecule has 0 saturated carbocycles. The second kappa shape index (κ2) is 3.86. The zero-order valence-corrected chi connectivity index (χ0v) is 8.31. The van der Waals surface area contributed by atoms with Gasteiger partial charge in [0.1, 0.15) is 0 Å². The Kier molecular flexibility index (Phi) is 4.68. The molecule has 0 radical (unpaired) electrons. The first-order chi connectivity index (χ1) is 1.91. The molecule has 0 aromatic carbocycles. The average molecular weight is 178 g/mol. The van der Waals surface area contributed by atoms with Crippen LogP contribution in [0.3, 0.4) is 0 Å². The molecule has 2 heteroatoms. The van der Waals surface area contributed by atoms with Gasteiger partial charge in [0, 0.05) is 0 Å². The van der Waals surface area contributed by atoms with E-state index in [1.54, 1.807) is 0 Å². The Hall–Kier alpha value is 0.856. The van der Waals surface area contributed by atoms with Crippen LogP contribution in [0.4, 0.5) is 0 Å². The zero-order chi connectivity index (χ0) is 3.41. The molecular weight excluding hydrogens is 174 g/mol. The van der Waals surface area contributed by atoms with Crippen LogP contribution in [0.1, 0.15) is 0 Å². The molecule has 0 aliphatic rings. The fourth-order valence-electron chi connectivity index (χ4n) is 0. The van der Waals surface area contributed by atoms with Crippen LogP contribution in [0.5, 0.6) is 0 Å². The molecule has 22 valence electrons. The van der Waals surface area contributed by atoms with Crippen molar-refractivity contribution < 1.29 is 0 Å². The molecule has 0 heterocycles. The molecule has 0 fully saturated rings. The van der Waals surface area contributed by atoms with E-state index in [9.17, 15) is 0 Å². The molecular formula is C2H4BrGa. The van der Waals surface area contributed by atoms with Crippen molar-refractivity contribution in [1.29, 1.82) is 0 Å². The quantitative estimate of drug-likeness (QED) is 0.473. The summed E-state index contributed by atoms with van der Waals surface area (Å²) in [7, 11) is 0. The molecule has 0 aliphatic heterocycles. The van der Waals surface area contributed by atoms with Crippen LogP contribution in [-0.2, 0) is 0 Å². The second-order valence-corrected chi connectivity index (χ2v) is 2.39. The summed E-state index contributed by atoms with van der Waals surface area (Å²) in [4.78, 5) is 1.90. The van der Waals surface area contributed by atoms with Gasteiger partial charge in [-0.1, -0.05) is 0 Å². The van der Waals surface area contributed by atoms with Gasteiger partial charge in [-0.3, -0.25) is 0 Å². The van der Waals surface area contributed by atoms with Crippen LogP contribution in [0.15, 0.2) is 9.62 Å². The van der Waals surface area contributed by atoms with Gasteiger partial charge >= 0.3 is 44.1 Å². The van der Waals surface area contributed by atoms with Crippen LogP contribution < -0.4 is 0 Å². The summed E-state index contributed by atoms with van der Waals surface area (Å²) in [5.41, 5.74) is 0. The Balaban J connectivity index is 2.55. The van der Waals surface area contributed by atoms with Crippen molar-refractivity contribution in [2.24, 2.45) is 0 Å². The third-order valence-electron chi connectivity index (χ3n) is 0.126. The molecule has 0 N–H and O–H groups in total. The van der Waals surface area contributed by atoms with Crippen molar-refractivity contribution in [2.75, 3.05) is 0 Å². The number of rotatable bonds is 0. The summed E-state index contributed by atoms with van der Waals surface area (Å²) < 4.78 is 2.10. The summed E-state index contributed by atoms with van der Waals surface area (Å²) in [5.74, 6) is 0. The average Bonchev–Trinajstić information content (AvgIpc) is 1.37. The fraction of sp³-hybridized carbons (Fsp3) is 0. The van der Waals surface area contributed by atoms with Gasteiger partial charge in [-0.15, -0.1) is 0 Å². The Bertz CT molecular complexity index is 21.2. The molecule has 0 aromatic rings. The van der Waals surface area contributed by atoms with Crippen LogP contribution in [0.2, 0.25) is 0 Å². The van der Waals surface area contributed by atoms with E-state index in [1.807, 2.05) is 4.99 Å². The van der Waals surface area contributed by atoms with Crippen molar-refractivity contribution >= 4 is 34.5 Å². The number of hydrogen-bond donors (Lipinski definition) is 0. The molecule has 0 saturated heterocycles.